The molecule has 8 nitrogen and oxygen atoms in total. The van der Waals surface area contributed by atoms with Gasteiger partial charge in [0, 0.05) is 26.1 Å². The molecule has 36 heavy (non-hydrogen) atoms. The van der Waals surface area contributed by atoms with Crippen LogP contribution in [0.5, 0.6) is 5.75 Å². The highest BCUT2D eigenvalue weighted by atomic mass is 16.5. The topological polar surface area (TPSA) is 96.0 Å². The number of carbonyl (C=O) groups excluding carboxylic acids is 4. The molecule has 1 unspecified atom stereocenters. The molecule has 8 heteroatoms. The van der Waals surface area contributed by atoms with Gasteiger partial charge in [-0.05, 0) is 48.6 Å². The second-order valence-electron chi connectivity index (χ2n) is 9.35. The van der Waals surface area contributed by atoms with E-state index in [2.05, 4.69) is 5.32 Å². The van der Waals surface area contributed by atoms with Crippen LogP contribution in [0.25, 0.3) is 0 Å². The van der Waals surface area contributed by atoms with Crippen molar-refractivity contribution in [2.75, 3.05) is 20.2 Å². The summed E-state index contributed by atoms with van der Waals surface area (Å²) in [7, 11) is 1.58. The van der Waals surface area contributed by atoms with Crippen molar-refractivity contribution in [3.05, 3.63) is 65.2 Å². The quantitative estimate of drug-likeness (QED) is 0.456. The van der Waals surface area contributed by atoms with Gasteiger partial charge in [-0.3, -0.25) is 24.1 Å². The van der Waals surface area contributed by atoms with Crippen molar-refractivity contribution in [2.24, 2.45) is 5.92 Å². The summed E-state index contributed by atoms with van der Waals surface area (Å²) in [5.41, 5.74) is 1.63. The fourth-order valence-corrected chi connectivity index (χ4v) is 4.28. The predicted molar refractivity (Wildman–Crippen MR) is 137 cm³/mol. The Kier molecular flexibility index (Phi) is 9.22. The van der Waals surface area contributed by atoms with Gasteiger partial charge in [-0.1, -0.05) is 45.0 Å². The predicted octanol–water partition coefficient (Wildman–Crippen LogP) is 3.65. The van der Waals surface area contributed by atoms with E-state index in [9.17, 15) is 19.2 Å². The van der Waals surface area contributed by atoms with Crippen molar-refractivity contribution in [3.8, 4) is 5.75 Å². The number of carbonyl (C=O) groups is 4. The van der Waals surface area contributed by atoms with E-state index < -0.39 is 6.04 Å². The molecule has 0 aliphatic carbocycles. The van der Waals surface area contributed by atoms with Crippen LogP contribution in [0.1, 0.15) is 66.3 Å². The Morgan fingerprint density at radius 2 is 1.69 bits per heavy atom. The van der Waals surface area contributed by atoms with E-state index in [0.717, 1.165) is 5.56 Å². The van der Waals surface area contributed by atoms with Crippen molar-refractivity contribution in [2.45, 2.75) is 52.6 Å². The minimum atomic E-state index is -0.637. The van der Waals surface area contributed by atoms with E-state index in [1.54, 1.807) is 36.3 Å². The SMILES string of the molecule is CCC(C(=O)NCC(C)C)N(Cc1cccc(OC)c1)C(=O)CCCN1C(=O)c2ccccc2C1=O. The molecule has 1 aliphatic heterocycles. The number of nitrogens with one attached hydrogen (secondary N) is 1. The second kappa shape index (κ2) is 12.3. The minimum Gasteiger partial charge on any atom is -0.497 e. The van der Waals surface area contributed by atoms with Crippen molar-refractivity contribution in [1.29, 1.82) is 0 Å². The Morgan fingerprint density at radius 1 is 1.03 bits per heavy atom. The molecule has 3 rings (SSSR count). The van der Waals surface area contributed by atoms with Gasteiger partial charge in [0.15, 0.2) is 0 Å². The lowest BCUT2D eigenvalue weighted by Crippen LogP contribution is -2.49. The van der Waals surface area contributed by atoms with Gasteiger partial charge >= 0.3 is 0 Å². The number of methoxy groups -OCH3 is 1. The molecule has 1 heterocycles. The summed E-state index contributed by atoms with van der Waals surface area (Å²) < 4.78 is 5.31. The van der Waals surface area contributed by atoms with Crippen LogP contribution < -0.4 is 10.1 Å². The number of amides is 4. The molecule has 0 radical (unpaired) electrons. The average Bonchev–Trinajstić information content (AvgIpc) is 3.12. The van der Waals surface area contributed by atoms with Crippen LogP contribution in [-0.4, -0.2) is 59.7 Å². The molecule has 0 aromatic heterocycles. The van der Waals surface area contributed by atoms with E-state index in [-0.39, 0.29) is 49.1 Å². The molecule has 1 atom stereocenters. The van der Waals surface area contributed by atoms with Crippen molar-refractivity contribution < 1.29 is 23.9 Å². The van der Waals surface area contributed by atoms with Crippen molar-refractivity contribution in [3.63, 3.8) is 0 Å². The minimum absolute atomic E-state index is 0.103. The second-order valence-corrected chi connectivity index (χ2v) is 9.35. The number of nitrogens with zero attached hydrogens (tertiary/aromatic N) is 2. The first-order valence-electron chi connectivity index (χ1n) is 12.4. The molecule has 0 bridgehead atoms. The van der Waals surface area contributed by atoms with Gasteiger partial charge in [0.2, 0.25) is 11.8 Å². The zero-order valence-corrected chi connectivity index (χ0v) is 21.5. The van der Waals surface area contributed by atoms with Crippen LogP contribution in [-0.2, 0) is 16.1 Å². The summed E-state index contributed by atoms with van der Waals surface area (Å²) in [5.74, 6) is -0.119. The van der Waals surface area contributed by atoms with E-state index in [1.807, 2.05) is 45.0 Å². The third-order valence-corrected chi connectivity index (χ3v) is 6.21. The van der Waals surface area contributed by atoms with Crippen molar-refractivity contribution in [1.82, 2.24) is 15.1 Å². The Bertz CT molecular complexity index is 1080. The molecule has 2 aromatic rings. The lowest BCUT2D eigenvalue weighted by molar-refractivity contribution is -0.141. The van der Waals surface area contributed by atoms with Crippen LogP contribution in [0.2, 0.25) is 0 Å². The molecule has 2 aromatic carbocycles. The standard InChI is InChI=1S/C28H35N3O5/c1-5-24(26(33)29-17-19(2)3)31(18-20-10-8-11-21(16-20)36-4)25(32)14-9-15-30-27(34)22-12-6-7-13-23(22)28(30)35/h6-8,10-13,16,19,24H,5,9,14-15,17-18H2,1-4H3,(H,29,33). The van der Waals surface area contributed by atoms with E-state index in [0.29, 0.717) is 36.3 Å². The fraction of sp³-hybridized carbons (Fsp3) is 0.429. The van der Waals surface area contributed by atoms with Crippen LogP contribution in [0, 0.1) is 5.92 Å². The number of ether oxygens (including phenoxy) is 1. The number of imide groups is 1. The maximum Gasteiger partial charge on any atom is 0.261 e. The van der Waals surface area contributed by atoms with Crippen molar-refractivity contribution >= 4 is 23.6 Å². The summed E-state index contributed by atoms with van der Waals surface area (Å²) in [6, 6.07) is 13.5. The van der Waals surface area contributed by atoms with Gasteiger partial charge in [0.1, 0.15) is 11.8 Å². The first kappa shape index (κ1) is 26.9. The van der Waals surface area contributed by atoms with Crippen LogP contribution in [0.15, 0.2) is 48.5 Å². The van der Waals surface area contributed by atoms with Gasteiger partial charge in [0.25, 0.3) is 11.8 Å². The largest absolute Gasteiger partial charge is 0.497 e. The van der Waals surface area contributed by atoms with Crippen LogP contribution in [0.3, 0.4) is 0 Å². The Labute approximate surface area is 212 Å². The summed E-state index contributed by atoms with van der Waals surface area (Å²) in [5, 5.41) is 2.94. The zero-order chi connectivity index (χ0) is 26.2. The molecule has 4 amide bonds. The van der Waals surface area contributed by atoms with E-state index in [1.165, 1.54) is 4.90 Å². The molecular weight excluding hydrogens is 458 g/mol. The molecular formula is C28H35N3O5. The lowest BCUT2D eigenvalue weighted by Gasteiger charge is -2.31. The van der Waals surface area contributed by atoms with Gasteiger partial charge in [0.05, 0.1) is 18.2 Å². The van der Waals surface area contributed by atoms with Gasteiger partial charge in [-0.2, -0.15) is 0 Å². The van der Waals surface area contributed by atoms with Gasteiger partial charge < -0.3 is 15.0 Å². The zero-order valence-electron chi connectivity index (χ0n) is 21.5. The Balaban J connectivity index is 1.72. The monoisotopic (exact) mass is 493 g/mol. The highest BCUT2D eigenvalue weighted by molar-refractivity contribution is 6.21. The smallest absolute Gasteiger partial charge is 0.261 e. The number of hydrogen-bond donors (Lipinski definition) is 1. The number of fused-ring (bicyclic) bond motifs is 1. The molecule has 0 saturated carbocycles. The highest BCUT2D eigenvalue weighted by Crippen LogP contribution is 2.23. The van der Waals surface area contributed by atoms with E-state index in [4.69, 9.17) is 4.74 Å². The average molecular weight is 494 g/mol. The Hall–Kier alpha value is -3.68. The summed E-state index contributed by atoms with van der Waals surface area (Å²) >= 11 is 0. The maximum absolute atomic E-state index is 13.4. The number of hydrogen-bond acceptors (Lipinski definition) is 5. The third kappa shape index (κ3) is 6.30. The van der Waals surface area contributed by atoms with Gasteiger partial charge in [-0.15, -0.1) is 0 Å². The van der Waals surface area contributed by atoms with Crippen LogP contribution >= 0.6 is 0 Å². The summed E-state index contributed by atoms with van der Waals surface area (Å²) in [6.07, 6.45) is 0.867. The first-order valence-corrected chi connectivity index (χ1v) is 12.4. The highest BCUT2D eigenvalue weighted by Gasteiger charge is 2.35. The van der Waals surface area contributed by atoms with Crippen LogP contribution in [0.4, 0.5) is 0 Å². The molecule has 192 valence electrons. The number of rotatable bonds is 12. The maximum atomic E-state index is 13.4. The number of benzene rings is 2. The van der Waals surface area contributed by atoms with Gasteiger partial charge in [-0.25, -0.2) is 0 Å². The molecule has 1 aliphatic rings. The third-order valence-electron chi connectivity index (χ3n) is 6.21. The molecule has 0 fully saturated rings. The molecule has 0 spiro atoms. The summed E-state index contributed by atoms with van der Waals surface area (Å²) in [4.78, 5) is 54.5. The lowest BCUT2D eigenvalue weighted by atomic mass is 10.1. The molecule has 0 saturated heterocycles. The summed E-state index contributed by atoms with van der Waals surface area (Å²) in [6.45, 7) is 6.82. The van der Waals surface area contributed by atoms with E-state index >= 15 is 0 Å². The fourth-order valence-electron chi connectivity index (χ4n) is 4.28. The first-order chi connectivity index (χ1) is 17.3. The molecule has 1 N–H and O–H groups in total. The Morgan fingerprint density at radius 3 is 2.28 bits per heavy atom. The normalized spacial score (nSPS) is 13.5.